The van der Waals surface area contributed by atoms with Crippen molar-refractivity contribution < 1.29 is 23.9 Å². The lowest BCUT2D eigenvalue weighted by atomic mass is 9.86. The highest BCUT2D eigenvalue weighted by Crippen LogP contribution is 2.31. The maximum atomic E-state index is 13.6. The summed E-state index contributed by atoms with van der Waals surface area (Å²) in [6, 6.07) is 13.7. The van der Waals surface area contributed by atoms with E-state index in [2.05, 4.69) is 17.4 Å². The summed E-state index contributed by atoms with van der Waals surface area (Å²) in [6.45, 7) is 6.36. The van der Waals surface area contributed by atoms with Crippen LogP contribution < -0.4 is 11.1 Å². The molecular formula is C30H39N3O5. The van der Waals surface area contributed by atoms with Crippen LogP contribution in [0.15, 0.2) is 48.5 Å². The first-order valence-corrected chi connectivity index (χ1v) is 13.3. The minimum Gasteiger partial charge on any atom is -0.465 e. The summed E-state index contributed by atoms with van der Waals surface area (Å²) in [6.07, 6.45) is 2.95. The van der Waals surface area contributed by atoms with Crippen LogP contribution in [0.4, 0.5) is 0 Å². The Hall–Kier alpha value is -3.23. The third-order valence-corrected chi connectivity index (χ3v) is 7.59. The van der Waals surface area contributed by atoms with Gasteiger partial charge in [-0.05, 0) is 53.5 Å². The number of hydrogen-bond donors (Lipinski definition) is 2. The van der Waals surface area contributed by atoms with Gasteiger partial charge in [0.15, 0.2) is 0 Å². The van der Waals surface area contributed by atoms with Gasteiger partial charge >= 0.3 is 5.97 Å². The Morgan fingerprint density at radius 3 is 2.50 bits per heavy atom. The molecule has 2 aliphatic rings. The second-order valence-corrected chi connectivity index (χ2v) is 11.4. The Kier molecular flexibility index (Phi) is 8.53. The molecule has 1 aliphatic carbocycles. The molecule has 4 rings (SSSR count). The number of rotatable bonds is 7. The van der Waals surface area contributed by atoms with E-state index in [1.807, 2.05) is 45.0 Å². The molecule has 0 saturated carbocycles. The molecule has 1 heterocycles. The van der Waals surface area contributed by atoms with E-state index in [9.17, 15) is 14.4 Å². The Morgan fingerprint density at radius 2 is 1.82 bits per heavy atom. The van der Waals surface area contributed by atoms with Crippen LogP contribution in [0.25, 0.3) is 0 Å². The molecule has 1 aliphatic heterocycles. The molecule has 0 spiro atoms. The third-order valence-electron chi connectivity index (χ3n) is 7.59. The van der Waals surface area contributed by atoms with Crippen molar-refractivity contribution in [1.29, 1.82) is 0 Å². The van der Waals surface area contributed by atoms with Gasteiger partial charge in [0.25, 0.3) is 0 Å². The zero-order chi connectivity index (χ0) is 27.4. The molecule has 8 heteroatoms. The maximum Gasteiger partial charge on any atom is 0.337 e. The maximum absolute atomic E-state index is 13.6. The number of amides is 2. The number of aryl methyl sites for hydroxylation is 1. The van der Waals surface area contributed by atoms with Gasteiger partial charge in [0, 0.05) is 13.0 Å². The van der Waals surface area contributed by atoms with Crippen LogP contribution >= 0.6 is 0 Å². The average Bonchev–Trinajstić information content (AvgIpc) is 3.35. The first-order chi connectivity index (χ1) is 18.1. The third kappa shape index (κ3) is 6.25. The largest absolute Gasteiger partial charge is 0.465 e. The summed E-state index contributed by atoms with van der Waals surface area (Å²) in [5, 5.41) is 3.22. The van der Waals surface area contributed by atoms with Gasteiger partial charge in [-0.3, -0.25) is 9.59 Å². The van der Waals surface area contributed by atoms with Gasteiger partial charge in [0.2, 0.25) is 11.8 Å². The molecule has 1 saturated heterocycles. The van der Waals surface area contributed by atoms with Crippen LogP contribution in [-0.2, 0) is 32.1 Å². The van der Waals surface area contributed by atoms with Crippen molar-refractivity contribution in [2.45, 2.75) is 77.3 Å². The van der Waals surface area contributed by atoms with Crippen LogP contribution in [0, 0.1) is 5.41 Å². The smallest absolute Gasteiger partial charge is 0.337 e. The van der Waals surface area contributed by atoms with E-state index in [1.165, 1.54) is 12.7 Å². The van der Waals surface area contributed by atoms with Crippen molar-refractivity contribution in [1.82, 2.24) is 10.2 Å². The minimum absolute atomic E-state index is 0.0750. The number of esters is 1. The SMILES string of the molecule is COC(=O)c1ccc(CO[C@H]2C[C@@H](C(=O)N[C@@H]3CCCc4ccccc43)N(C(=O)C(N)C(C)(C)C)C2)cc1. The van der Waals surface area contributed by atoms with E-state index in [0.29, 0.717) is 25.1 Å². The lowest BCUT2D eigenvalue weighted by molar-refractivity contribution is -0.141. The molecular weight excluding hydrogens is 482 g/mol. The molecule has 2 aromatic rings. The number of hydrogen-bond acceptors (Lipinski definition) is 6. The first-order valence-electron chi connectivity index (χ1n) is 13.3. The molecule has 204 valence electrons. The molecule has 1 fully saturated rings. The van der Waals surface area contributed by atoms with Gasteiger partial charge in [0.05, 0.1) is 37.5 Å². The molecule has 2 aromatic carbocycles. The number of methoxy groups -OCH3 is 1. The number of fused-ring (bicyclic) bond motifs is 1. The zero-order valence-corrected chi connectivity index (χ0v) is 22.7. The highest BCUT2D eigenvalue weighted by Gasteiger charge is 2.44. The number of likely N-dealkylation sites (tertiary alicyclic amines) is 1. The van der Waals surface area contributed by atoms with Crippen molar-refractivity contribution in [2.24, 2.45) is 11.1 Å². The van der Waals surface area contributed by atoms with Gasteiger partial charge in [-0.2, -0.15) is 0 Å². The number of benzene rings is 2. The molecule has 2 amide bonds. The summed E-state index contributed by atoms with van der Waals surface area (Å²) in [5.74, 6) is -0.808. The molecule has 0 aromatic heterocycles. The minimum atomic E-state index is -0.738. The second kappa shape index (κ2) is 11.7. The van der Waals surface area contributed by atoms with E-state index in [1.54, 1.807) is 17.0 Å². The van der Waals surface area contributed by atoms with Crippen molar-refractivity contribution in [3.63, 3.8) is 0 Å². The van der Waals surface area contributed by atoms with Crippen LogP contribution in [-0.4, -0.2) is 54.5 Å². The van der Waals surface area contributed by atoms with E-state index in [4.69, 9.17) is 15.2 Å². The normalized spacial score (nSPS) is 21.9. The van der Waals surface area contributed by atoms with Crippen LogP contribution in [0.1, 0.15) is 73.1 Å². The predicted molar refractivity (Wildman–Crippen MR) is 144 cm³/mol. The Morgan fingerprint density at radius 1 is 1.11 bits per heavy atom. The Balaban J connectivity index is 1.47. The highest BCUT2D eigenvalue weighted by molar-refractivity contribution is 5.91. The molecule has 3 N–H and O–H groups in total. The number of nitrogens with one attached hydrogen (secondary N) is 1. The van der Waals surface area contributed by atoms with Gasteiger partial charge < -0.3 is 25.4 Å². The van der Waals surface area contributed by atoms with Crippen molar-refractivity contribution >= 4 is 17.8 Å². The Labute approximate surface area is 224 Å². The van der Waals surface area contributed by atoms with Crippen LogP contribution in [0.5, 0.6) is 0 Å². The van der Waals surface area contributed by atoms with Gasteiger partial charge in [0.1, 0.15) is 6.04 Å². The Bertz CT molecular complexity index is 1160. The fourth-order valence-corrected chi connectivity index (χ4v) is 5.20. The molecule has 4 atom stereocenters. The fourth-order valence-electron chi connectivity index (χ4n) is 5.20. The van der Waals surface area contributed by atoms with Crippen molar-refractivity contribution in [3.8, 4) is 0 Å². The number of ether oxygens (including phenoxy) is 2. The van der Waals surface area contributed by atoms with E-state index in [-0.39, 0.29) is 24.0 Å². The number of nitrogens with zero attached hydrogens (tertiary/aromatic N) is 1. The first kappa shape index (κ1) is 27.8. The lowest BCUT2D eigenvalue weighted by Crippen LogP contribution is -2.55. The van der Waals surface area contributed by atoms with E-state index < -0.39 is 23.5 Å². The van der Waals surface area contributed by atoms with Gasteiger partial charge in [-0.15, -0.1) is 0 Å². The van der Waals surface area contributed by atoms with E-state index >= 15 is 0 Å². The van der Waals surface area contributed by atoms with Gasteiger partial charge in [-0.25, -0.2) is 4.79 Å². The quantitative estimate of drug-likeness (QED) is 0.540. The monoisotopic (exact) mass is 521 g/mol. The lowest BCUT2D eigenvalue weighted by Gasteiger charge is -2.33. The van der Waals surface area contributed by atoms with Crippen molar-refractivity contribution in [2.75, 3.05) is 13.7 Å². The molecule has 0 radical (unpaired) electrons. The summed E-state index contributed by atoms with van der Waals surface area (Å²) in [5.41, 5.74) is 9.66. The van der Waals surface area contributed by atoms with Crippen LogP contribution in [0.2, 0.25) is 0 Å². The molecule has 1 unspecified atom stereocenters. The summed E-state index contributed by atoms with van der Waals surface area (Å²) in [7, 11) is 1.34. The predicted octanol–water partition coefficient (Wildman–Crippen LogP) is 3.53. The average molecular weight is 522 g/mol. The summed E-state index contributed by atoms with van der Waals surface area (Å²) >= 11 is 0. The van der Waals surface area contributed by atoms with Crippen molar-refractivity contribution in [3.05, 3.63) is 70.8 Å². The standard InChI is InChI=1S/C30H39N3O5/c1-30(2,3)26(31)28(35)33-17-22(38-18-19-12-14-21(15-13-19)29(36)37-4)16-25(33)27(34)32-24-11-7-9-20-8-5-6-10-23(20)24/h5-6,8,10,12-15,22,24-26H,7,9,11,16-18,31H2,1-4H3,(H,32,34)/t22-,24+,25-,26?/m0/s1. The van der Waals surface area contributed by atoms with Crippen LogP contribution in [0.3, 0.4) is 0 Å². The topological polar surface area (TPSA) is 111 Å². The summed E-state index contributed by atoms with van der Waals surface area (Å²) < 4.78 is 10.9. The second-order valence-electron chi connectivity index (χ2n) is 11.4. The fraction of sp³-hybridized carbons (Fsp3) is 0.500. The molecule has 38 heavy (non-hydrogen) atoms. The zero-order valence-electron chi connectivity index (χ0n) is 22.7. The molecule has 0 bridgehead atoms. The highest BCUT2D eigenvalue weighted by atomic mass is 16.5. The summed E-state index contributed by atoms with van der Waals surface area (Å²) in [4.78, 5) is 40.4. The number of nitrogens with two attached hydrogens (primary N) is 1. The van der Waals surface area contributed by atoms with E-state index in [0.717, 1.165) is 30.4 Å². The molecule has 8 nitrogen and oxygen atoms in total. The van der Waals surface area contributed by atoms with Gasteiger partial charge in [-0.1, -0.05) is 57.2 Å². The number of carbonyl (C=O) groups is 3. The number of carbonyl (C=O) groups excluding carboxylic acids is 3.